The van der Waals surface area contributed by atoms with E-state index in [4.69, 9.17) is 0 Å². The van der Waals surface area contributed by atoms with Gasteiger partial charge in [-0.05, 0) is 19.1 Å². The number of hydrogen-bond acceptors (Lipinski definition) is 5. The van der Waals surface area contributed by atoms with Gasteiger partial charge in [0, 0.05) is 24.5 Å². The molecule has 0 bridgehead atoms. The average molecular weight is 302 g/mol. The third-order valence-corrected chi connectivity index (χ3v) is 4.18. The minimum atomic E-state index is -0.359. The standard InChI is InChI=1S/C14H14N4O2S/c1-9-8-21-14(16-9)17-13(20)10-5-12(19)18(7-10)11-3-2-4-15-6-11/h2-4,6,8,10H,5,7H2,1H3,(H,16,17,20). The molecule has 7 heteroatoms. The van der Waals surface area contributed by atoms with E-state index in [1.54, 1.807) is 23.4 Å². The molecule has 1 atom stereocenters. The van der Waals surface area contributed by atoms with Gasteiger partial charge < -0.3 is 10.2 Å². The van der Waals surface area contributed by atoms with Gasteiger partial charge in [-0.1, -0.05) is 0 Å². The molecule has 0 spiro atoms. The molecule has 108 valence electrons. The number of hydrogen-bond donors (Lipinski definition) is 1. The summed E-state index contributed by atoms with van der Waals surface area (Å²) >= 11 is 1.38. The molecule has 3 heterocycles. The first kappa shape index (κ1) is 13.7. The van der Waals surface area contributed by atoms with E-state index in [1.807, 2.05) is 18.4 Å². The van der Waals surface area contributed by atoms with Gasteiger partial charge in [-0.25, -0.2) is 4.98 Å². The molecule has 0 saturated carbocycles. The Morgan fingerprint density at radius 3 is 3.05 bits per heavy atom. The number of thiazole rings is 1. The first-order chi connectivity index (χ1) is 10.1. The maximum absolute atomic E-state index is 12.2. The molecule has 1 aliphatic heterocycles. The lowest BCUT2D eigenvalue weighted by Crippen LogP contribution is -2.28. The van der Waals surface area contributed by atoms with Gasteiger partial charge in [0.05, 0.1) is 23.5 Å². The third-order valence-electron chi connectivity index (χ3n) is 3.30. The summed E-state index contributed by atoms with van der Waals surface area (Å²) in [6.07, 6.45) is 3.49. The summed E-state index contributed by atoms with van der Waals surface area (Å²) in [5, 5.41) is 5.22. The average Bonchev–Trinajstić information content (AvgIpc) is 3.06. The molecular weight excluding hydrogens is 288 g/mol. The zero-order chi connectivity index (χ0) is 14.8. The summed E-state index contributed by atoms with van der Waals surface area (Å²) in [7, 11) is 0. The fraction of sp³-hybridized carbons (Fsp3) is 0.286. The predicted molar refractivity (Wildman–Crippen MR) is 80.2 cm³/mol. The van der Waals surface area contributed by atoms with Gasteiger partial charge in [0.1, 0.15) is 0 Å². The van der Waals surface area contributed by atoms with Gasteiger partial charge in [0.15, 0.2) is 5.13 Å². The Hall–Kier alpha value is -2.28. The molecule has 6 nitrogen and oxygen atoms in total. The van der Waals surface area contributed by atoms with Crippen molar-refractivity contribution in [2.75, 3.05) is 16.8 Å². The van der Waals surface area contributed by atoms with E-state index in [9.17, 15) is 9.59 Å². The minimum Gasteiger partial charge on any atom is -0.310 e. The largest absolute Gasteiger partial charge is 0.310 e. The number of nitrogens with one attached hydrogen (secondary N) is 1. The molecule has 2 amide bonds. The van der Waals surface area contributed by atoms with E-state index >= 15 is 0 Å². The van der Waals surface area contributed by atoms with Crippen molar-refractivity contribution in [3.05, 3.63) is 35.6 Å². The van der Waals surface area contributed by atoms with E-state index in [2.05, 4.69) is 15.3 Å². The van der Waals surface area contributed by atoms with Crippen LogP contribution in [0.3, 0.4) is 0 Å². The van der Waals surface area contributed by atoms with Crippen LogP contribution >= 0.6 is 11.3 Å². The zero-order valence-electron chi connectivity index (χ0n) is 11.4. The molecule has 3 rings (SSSR count). The number of rotatable bonds is 3. The van der Waals surface area contributed by atoms with Gasteiger partial charge >= 0.3 is 0 Å². The van der Waals surface area contributed by atoms with Crippen molar-refractivity contribution in [1.82, 2.24) is 9.97 Å². The first-order valence-electron chi connectivity index (χ1n) is 6.57. The second-order valence-electron chi connectivity index (χ2n) is 4.90. The van der Waals surface area contributed by atoms with Crippen molar-refractivity contribution >= 4 is 34.0 Å². The van der Waals surface area contributed by atoms with Crippen LogP contribution < -0.4 is 10.2 Å². The number of anilines is 2. The Balaban J connectivity index is 1.68. The molecule has 0 radical (unpaired) electrons. The number of amides is 2. The Bertz CT molecular complexity index is 671. The molecule has 0 aromatic carbocycles. The summed E-state index contributed by atoms with van der Waals surface area (Å²) in [6.45, 7) is 2.25. The smallest absolute Gasteiger partial charge is 0.231 e. The molecule has 2 aromatic rings. The normalized spacial score (nSPS) is 18.0. The Morgan fingerprint density at radius 1 is 1.52 bits per heavy atom. The van der Waals surface area contributed by atoms with Crippen molar-refractivity contribution < 1.29 is 9.59 Å². The highest BCUT2D eigenvalue weighted by Gasteiger charge is 2.35. The van der Waals surface area contributed by atoms with E-state index < -0.39 is 0 Å². The van der Waals surface area contributed by atoms with E-state index in [0.29, 0.717) is 11.7 Å². The lowest BCUT2D eigenvalue weighted by atomic mass is 10.1. The minimum absolute atomic E-state index is 0.0570. The van der Waals surface area contributed by atoms with E-state index in [1.165, 1.54) is 11.3 Å². The molecule has 21 heavy (non-hydrogen) atoms. The van der Waals surface area contributed by atoms with Crippen molar-refractivity contribution in [2.24, 2.45) is 5.92 Å². The number of nitrogens with zero attached hydrogens (tertiary/aromatic N) is 3. The molecule has 2 aromatic heterocycles. The summed E-state index contributed by atoms with van der Waals surface area (Å²) in [5.41, 5.74) is 1.60. The Labute approximate surface area is 125 Å². The van der Waals surface area contributed by atoms with Crippen LogP contribution in [-0.2, 0) is 9.59 Å². The number of carbonyl (C=O) groups excluding carboxylic acids is 2. The second kappa shape index (κ2) is 5.61. The highest BCUT2D eigenvalue weighted by atomic mass is 32.1. The lowest BCUT2D eigenvalue weighted by molar-refractivity contribution is -0.122. The summed E-state index contributed by atoms with van der Waals surface area (Å²) in [4.78, 5) is 34.1. The highest BCUT2D eigenvalue weighted by Crippen LogP contribution is 2.25. The monoisotopic (exact) mass is 302 g/mol. The van der Waals surface area contributed by atoms with Crippen molar-refractivity contribution in [1.29, 1.82) is 0 Å². The third kappa shape index (κ3) is 2.92. The highest BCUT2D eigenvalue weighted by molar-refractivity contribution is 7.13. The fourth-order valence-corrected chi connectivity index (χ4v) is 2.96. The van der Waals surface area contributed by atoms with Crippen LogP contribution in [0.5, 0.6) is 0 Å². The molecule has 1 unspecified atom stereocenters. The molecule has 1 N–H and O–H groups in total. The number of carbonyl (C=O) groups is 2. The van der Waals surface area contributed by atoms with Crippen LogP contribution in [0.1, 0.15) is 12.1 Å². The topological polar surface area (TPSA) is 75.2 Å². The predicted octanol–water partition coefficient (Wildman–Crippen LogP) is 1.84. The van der Waals surface area contributed by atoms with Crippen LogP contribution in [0.15, 0.2) is 29.9 Å². The number of pyridine rings is 1. The van der Waals surface area contributed by atoms with Gasteiger partial charge in [0.25, 0.3) is 0 Å². The van der Waals surface area contributed by atoms with Gasteiger partial charge in [-0.15, -0.1) is 11.3 Å². The van der Waals surface area contributed by atoms with Crippen molar-refractivity contribution in [3.8, 4) is 0 Å². The molecule has 0 aliphatic carbocycles. The maximum atomic E-state index is 12.2. The van der Waals surface area contributed by atoms with Gasteiger partial charge in [-0.2, -0.15) is 0 Å². The van der Waals surface area contributed by atoms with Crippen molar-refractivity contribution in [2.45, 2.75) is 13.3 Å². The maximum Gasteiger partial charge on any atom is 0.231 e. The van der Waals surface area contributed by atoms with Crippen LogP contribution in [-0.4, -0.2) is 28.3 Å². The Morgan fingerprint density at radius 2 is 2.38 bits per heavy atom. The van der Waals surface area contributed by atoms with Gasteiger partial charge in [0.2, 0.25) is 11.8 Å². The summed E-state index contributed by atoms with van der Waals surface area (Å²) in [6, 6.07) is 3.59. The van der Waals surface area contributed by atoms with Crippen LogP contribution in [0.25, 0.3) is 0 Å². The Kier molecular flexibility index (Phi) is 3.66. The lowest BCUT2D eigenvalue weighted by Gasteiger charge is -2.15. The summed E-state index contributed by atoms with van der Waals surface area (Å²) in [5.74, 6) is -0.579. The van der Waals surface area contributed by atoms with Crippen LogP contribution in [0.2, 0.25) is 0 Å². The molecular formula is C14H14N4O2S. The fourth-order valence-electron chi connectivity index (χ4n) is 2.26. The van der Waals surface area contributed by atoms with Crippen molar-refractivity contribution in [3.63, 3.8) is 0 Å². The SMILES string of the molecule is Cc1csc(NC(=O)C2CC(=O)N(c3cccnc3)C2)n1. The molecule has 1 saturated heterocycles. The first-order valence-corrected chi connectivity index (χ1v) is 7.45. The number of aryl methyl sites for hydroxylation is 1. The van der Waals surface area contributed by atoms with Crippen LogP contribution in [0.4, 0.5) is 10.8 Å². The van der Waals surface area contributed by atoms with E-state index in [-0.39, 0.29) is 24.2 Å². The second-order valence-corrected chi connectivity index (χ2v) is 5.76. The van der Waals surface area contributed by atoms with Crippen LogP contribution in [0, 0.1) is 12.8 Å². The molecule has 1 fully saturated rings. The number of aromatic nitrogens is 2. The quantitative estimate of drug-likeness (QED) is 0.938. The van der Waals surface area contributed by atoms with E-state index in [0.717, 1.165) is 11.4 Å². The summed E-state index contributed by atoms with van der Waals surface area (Å²) < 4.78 is 0. The molecule has 1 aliphatic rings. The zero-order valence-corrected chi connectivity index (χ0v) is 12.3. The van der Waals surface area contributed by atoms with Gasteiger partial charge in [-0.3, -0.25) is 14.6 Å².